The molecule has 1 spiro atoms. The Morgan fingerprint density at radius 1 is 1.00 bits per heavy atom. The molecule has 0 bridgehead atoms. The molecule has 7 heterocycles. The van der Waals surface area contributed by atoms with E-state index in [0.717, 1.165) is 69.4 Å². The maximum Gasteiger partial charge on any atom is 0.320 e. The Morgan fingerprint density at radius 3 is 2.45 bits per heavy atom. The Balaban J connectivity index is 1.12. The predicted molar refractivity (Wildman–Crippen MR) is 195 cm³/mol. The lowest BCUT2D eigenvalue weighted by atomic mass is 9.76. The van der Waals surface area contributed by atoms with Crippen molar-refractivity contribution in [2.24, 2.45) is 5.41 Å². The SMILES string of the molecule is N#Cc1c(N)sc2c(F)ccc(-c3c(Cl)cc4c(N5CCCCC6(CN(C(=O)N7CC(F)(F)C7)C6)C5)nc(OCC56CCCN5CCC6)nc4c3F)c12. The Kier molecular flexibility index (Phi) is 8.14. The van der Waals surface area contributed by atoms with Crippen LogP contribution in [0.15, 0.2) is 18.2 Å². The minimum Gasteiger partial charge on any atom is -0.461 e. The van der Waals surface area contributed by atoms with Gasteiger partial charge in [0.25, 0.3) is 5.92 Å². The van der Waals surface area contributed by atoms with Crippen LogP contribution >= 0.6 is 22.9 Å². The van der Waals surface area contributed by atoms with Crippen molar-refractivity contribution in [1.29, 1.82) is 5.26 Å². The number of carbonyl (C=O) groups is 1. The molecule has 9 rings (SSSR count). The van der Waals surface area contributed by atoms with Gasteiger partial charge in [0.1, 0.15) is 34.8 Å². The summed E-state index contributed by atoms with van der Waals surface area (Å²) in [7, 11) is 0. The summed E-state index contributed by atoms with van der Waals surface area (Å²) in [6, 6.07) is 5.91. The van der Waals surface area contributed by atoms with Crippen LogP contribution in [0.1, 0.15) is 50.5 Å². The molecule has 2 aromatic heterocycles. The largest absolute Gasteiger partial charge is 0.461 e. The molecular weight excluding hydrogens is 732 g/mol. The average molecular weight is 769 g/mol. The van der Waals surface area contributed by atoms with E-state index in [-0.39, 0.29) is 65.3 Å². The first kappa shape index (κ1) is 34.6. The number of halogens is 5. The Morgan fingerprint density at radius 2 is 1.74 bits per heavy atom. The van der Waals surface area contributed by atoms with Crippen LogP contribution in [0.3, 0.4) is 0 Å². The van der Waals surface area contributed by atoms with Gasteiger partial charge in [-0.1, -0.05) is 24.1 Å². The summed E-state index contributed by atoms with van der Waals surface area (Å²) in [5.74, 6) is -3.74. The van der Waals surface area contributed by atoms with Crippen molar-refractivity contribution in [3.63, 3.8) is 0 Å². The summed E-state index contributed by atoms with van der Waals surface area (Å²) in [5.41, 5.74) is 5.87. The number of nitriles is 1. The van der Waals surface area contributed by atoms with Gasteiger partial charge in [0, 0.05) is 47.9 Å². The molecule has 5 fully saturated rings. The first-order valence-corrected chi connectivity index (χ1v) is 19.2. The number of benzene rings is 2. The third kappa shape index (κ3) is 5.62. The van der Waals surface area contributed by atoms with Crippen LogP contribution in [0.2, 0.25) is 5.02 Å². The summed E-state index contributed by atoms with van der Waals surface area (Å²) in [6.45, 7) is 3.16. The van der Waals surface area contributed by atoms with Gasteiger partial charge >= 0.3 is 12.0 Å². The van der Waals surface area contributed by atoms with Crippen molar-refractivity contribution < 1.29 is 27.1 Å². The average Bonchev–Trinajstić information content (AvgIpc) is 3.73. The molecule has 5 aliphatic heterocycles. The molecule has 0 radical (unpaired) electrons. The number of hydrogen-bond donors (Lipinski definition) is 1. The van der Waals surface area contributed by atoms with E-state index in [1.165, 1.54) is 17.0 Å². The number of amides is 2. The summed E-state index contributed by atoms with van der Waals surface area (Å²) in [4.78, 5) is 29.9. The first-order valence-electron chi connectivity index (χ1n) is 18.1. The van der Waals surface area contributed by atoms with E-state index in [1.807, 2.05) is 6.07 Å². The van der Waals surface area contributed by atoms with E-state index < -0.39 is 30.6 Å². The van der Waals surface area contributed by atoms with E-state index in [4.69, 9.17) is 27.1 Å². The van der Waals surface area contributed by atoms with Crippen LogP contribution in [0.5, 0.6) is 6.01 Å². The lowest BCUT2D eigenvalue weighted by Crippen LogP contribution is -2.68. The zero-order valence-electron chi connectivity index (χ0n) is 28.9. The van der Waals surface area contributed by atoms with Gasteiger partial charge < -0.3 is 25.2 Å². The number of aromatic nitrogens is 2. The topological polar surface area (TPSA) is 115 Å². The number of likely N-dealkylation sites (tertiary alicyclic amines) is 2. The number of hydrogen-bond acceptors (Lipinski definition) is 9. The van der Waals surface area contributed by atoms with Gasteiger partial charge in [-0.3, -0.25) is 4.90 Å². The van der Waals surface area contributed by atoms with Crippen molar-refractivity contribution in [2.45, 2.75) is 56.4 Å². The fourth-order valence-corrected chi connectivity index (χ4v) is 10.7. The van der Waals surface area contributed by atoms with Crippen LogP contribution in [0.25, 0.3) is 32.1 Å². The number of thiophene rings is 1. The standard InChI is InChI=1S/C37H37ClF4N8O2S/c38-24-13-22-29(28(40)27(24)21-5-6-25(39)30-26(21)23(14-43)31(44)53-30)45-33(52-20-36-8-3-11-50(36)12-4-9-36)46-32(22)47-10-2-1-7-35(15-47)16-48(17-35)34(51)49-18-37(41,42)19-49/h5-6,13H,1-4,7-12,15-20,44H2. The zero-order valence-corrected chi connectivity index (χ0v) is 30.4. The van der Waals surface area contributed by atoms with Crippen LogP contribution in [-0.2, 0) is 0 Å². The normalized spacial score (nSPS) is 21.8. The fraction of sp³-hybridized carbons (Fsp3) is 0.514. The lowest BCUT2D eigenvalue weighted by Gasteiger charge is -2.54. The highest BCUT2D eigenvalue weighted by atomic mass is 35.5. The summed E-state index contributed by atoms with van der Waals surface area (Å²) >= 11 is 7.85. The highest BCUT2D eigenvalue weighted by Gasteiger charge is 2.53. The van der Waals surface area contributed by atoms with Gasteiger partial charge in [-0.05, 0) is 69.3 Å². The molecule has 2 amide bonds. The quantitative estimate of drug-likeness (QED) is 0.211. The number of rotatable bonds is 5. The number of fused-ring (bicyclic) bond motifs is 3. The zero-order chi connectivity index (χ0) is 36.9. The Hall–Kier alpha value is -4.13. The fourth-order valence-electron chi connectivity index (χ4n) is 9.43. The van der Waals surface area contributed by atoms with Gasteiger partial charge in [-0.15, -0.1) is 11.3 Å². The van der Waals surface area contributed by atoms with Crippen LogP contribution in [0, 0.1) is 28.4 Å². The van der Waals surface area contributed by atoms with Crippen molar-refractivity contribution in [3.05, 3.63) is 40.4 Å². The van der Waals surface area contributed by atoms with Gasteiger partial charge in [0.05, 0.1) is 33.9 Å². The smallest absolute Gasteiger partial charge is 0.320 e. The molecule has 5 saturated heterocycles. The molecule has 278 valence electrons. The van der Waals surface area contributed by atoms with Crippen LogP contribution in [0.4, 0.5) is 33.2 Å². The second-order valence-electron chi connectivity index (χ2n) is 15.5. The molecule has 0 unspecified atom stereocenters. The molecule has 10 nitrogen and oxygen atoms in total. The number of carbonyl (C=O) groups excluding carboxylic acids is 1. The van der Waals surface area contributed by atoms with Crippen molar-refractivity contribution in [2.75, 3.05) is 69.6 Å². The maximum atomic E-state index is 17.2. The van der Waals surface area contributed by atoms with E-state index in [9.17, 15) is 23.2 Å². The summed E-state index contributed by atoms with van der Waals surface area (Å²) in [5, 5.41) is 10.6. The van der Waals surface area contributed by atoms with Gasteiger partial charge in [0.15, 0.2) is 5.82 Å². The third-order valence-corrected chi connectivity index (χ3v) is 13.3. The highest BCUT2D eigenvalue weighted by molar-refractivity contribution is 7.23. The molecule has 0 atom stereocenters. The highest BCUT2D eigenvalue weighted by Crippen LogP contribution is 2.47. The predicted octanol–water partition coefficient (Wildman–Crippen LogP) is 7.27. The van der Waals surface area contributed by atoms with Crippen molar-refractivity contribution >= 4 is 60.8 Å². The maximum absolute atomic E-state index is 17.2. The molecule has 4 aromatic rings. The minimum atomic E-state index is -2.84. The molecule has 5 aliphatic rings. The molecule has 16 heteroatoms. The molecule has 2 N–H and O–H groups in total. The number of nitrogen functional groups attached to an aromatic ring is 1. The molecule has 0 saturated carbocycles. The number of nitrogens with zero attached hydrogens (tertiary/aromatic N) is 7. The number of alkyl halides is 2. The van der Waals surface area contributed by atoms with Gasteiger partial charge in [0.2, 0.25) is 0 Å². The van der Waals surface area contributed by atoms with Crippen LogP contribution < -0.4 is 15.4 Å². The molecule has 53 heavy (non-hydrogen) atoms. The first-order chi connectivity index (χ1) is 25.4. The monoisotopic (exact) mass is 768 g/mol. The van der Waals surface area contributed by atoms with Gasteiger partial charge in [-0.25, -0.2) is 22.4 Å². The van der Waals surface area contributed by atoms with Crippen molar-refractivity contribution in [3.8, 4) is 23.2 Å². The lowest BCUT2D eigenvalue weighted by molar-refractivity contribution is -0.120. The molecule has 0 aliphatic carbocycles. The number of nitrogens with two attached hydrogens (primary N) is 1. The van der Waals surface area contributed by atoms with E-state index in [2.05, 4.69) is 14.8 Å². The number of urea groups is 1. The van der Waals surface area contributed by atoms with Gasteiger partial charge in [-0.2, -0.15) is 15.2 Å². The Labute approximate surface area is 312 Å². The number of anilines is 2. The van der Waals surface area contributed by atoms with Crippen molar-refractivity contribution in [1.82, 2.24) is 24.7 Å². The number of ether oxygens (including phenoxy) is 1. The third-order valence-electron chi connectivity index (χ3n) is 12.0. The van der Waals surface area contributed by atoms with E-state index in [0.29, 0.717) is 44.0 Å². The summed E-state index contributed by atoms with van der Waals surface area (Å²) in [6.07, 6.45) is 6.66. The Bertz CT molecular complexity index is 2200. The second kappa shape index (κ2) is 12.5. The van der Waals surface area contributed by atoms with E-state index in [1.54, 1.807) is 11.0 Å². The second-order valence-corrected chi connectivity index (χ2v) is 16.9. The summed E-state index contributed by atoms with van der Waals surface area (Å²) < 4.78 is 65.8. The molecular formula is C37H37ClF4N8O2S. The van der Waals surface area contributed by atoms with E-state index >= 15 is 4.39 Å². The molecule has 2 aromatic carbocycles. The van der Waals surface area contributed by atoms with Crippen LogP contribution in [-0.4, -0.2) is 101 Å². The minimum absolute atomic E-state index is 0.0250.